The van der Waals surface area contributed by atoms with E-state index in [0.717, 1.165) is 22.9 Å². The molecule has 0 saturated heterocycles. The van der Waals surface area contributed by atoms with E-state index in [4.69, 9.17) is 4.74 Å². The zero-order valence-electron chi connectivity index (χ0n) is 12.2. The summed E-state index contributed by atoms with van der Waals surface area (Å²) in [5, 5.41) is 2.72. The number of rotatable bonds is 7. The molecule has 4 nitrogen and oxygen atoms in total. The van der Waals surface area contributed by atoms with Crippen molar-refractivity contribution in [3.8, 4) is 0 Å². The van der Waals surface area contributed by atoms with Gasteiger partial charge in [-0.1, -0.05) is 34.1 Å². The van der Waals surface area contributed by atoms with E-state index in [0.29, 0.717) is 19.4 Å². The maximum absolute atomic E-state index is 12.0. The lowest BCUT2D eigenvalue weighted by molar-refractivity contribution is -0.152. The summed E-state index contributed by atoms with van der Waals surface area (Å²) >= 11 is 3.51. The van der Waals surface area contributed by atoms with Crippen LogP contribution in [0.25, 0.3) is 0 Å². The zero-order valence-corrected chi connectivity index (χ0v) is 13.7. The number of hydrogen-bond donors (Lipinski definition) is 1. The molecule has 1 N–H and O–H groups in total. The molecule has 0 atom stereocenters. The summed E-state index contributed by atoms with van der Waals surface area (Å²) in [5.41, 5.74) is 0.574. The number of halogens is 1. The second-order valence-electron chi connectivity index (χ2n) is 5.26. The van der Waals surface area contributed by atoms with Gasteiger partial charge >= 0.3 is 5.97 Å². The molecule has 1 amide bonds. The van der Waals surface area contributed by atoms with Crippen LogP contribution in [0.5, 0.6) is 0 Å². The lowest BCUT2D eigenvalue weighted by Gasteiger charge is -2.18. The fraction of sp³-hybridized carbons (Fsp3) is 0.500. The van der Waals surface area contributed by atoms with Gasteiger partial charge in [-0.3, -0.25) is 9.59 Å². The Bertz CT molecular complexity index is 526. The highest BCUT2D eigenvalue weighted by Crippen LogP contribution is 2.51. The zero-order chi connectivity index (χ0) is 15.3. The Balaban J connectivity index is 1.83. The summed E-state index contributed by atoms with van der Waals surface area (Å²) < 4.78 is 6.63. The van der Waals surface area contributed by atoms with Crippen molar-refractivity contribution in [2.75, 3.05) is 6.54 Å². The van der Waals surface area contributed by atoms with E-state index in [1.165, 1.54) is 0 Å². The molecule has 114 valence electrons. The second-order valence-corrected chi connectivity index (χ2v) is 6.11. The number of esters is 1. The topological polar surface area (TPSA) is 55.4 Å². The van der Waals surface area contributed by atoms with Crippen molar-refractivity contribution >= 4 is 27.8 Å². The van der Waals surface area contributed by atoms with Gasteiger partial charge in [0.05, 0.1) is 0 Å². The van der Waals surface area contributed by atoms with E-state index in [1.54, 1.807) is 0 Å². The van der Waals surface area contributed by atoms with Crippen molar-refractivity contribution < 1.29 is 14.3 Å². The number of benzene rings is 1. The summed E-state index contributed by atoms with van der Waals surface area (Å²) in [6.07, 6.45) is 2.89. The summed E-state index contributed by atoms with van der Waals surface area (Å²) in [6, 6.07) is 7.83. The first-order chi connectivity index (χ1) is 10.1. The number of amides is 1. The minimum absolute atomic E-state index is 0.0164. The Morgan fingerprint density at radius 2 is 2.00 bits per heavy atom. The fourth-order valence-corrected chi connectivity index (χ4v) is 2.96. The molecule has 1 aliphatic carbocycles. The van der Waals surface area contributed by atoms with Gasteiger partial charge in [-0.2, -0.15) is 0 Å². The summed E-state index contributed by atoms with van der Waals surface area (Å²) in [6.45, 7) is 2.50. The van der Waals surface area contributed by atoms with Crippen LogP contribution in [0, 0.1) is 0 Å². The monoisotopic (exact) mass is 353 g/mol. The third kappa shape index (κ3) is 4.30. The van der Waals surface area contributed by atoms with E-state index in [-0.39, 0.29) is 18.3 Å². The highest BCUT2D eigenvalue weighted by Gasteiger charge is 2.49. The minimum Gasteiger partial charge on any atom is -0.454 e. The molecule has 0 aliphatic heterocycles. The molecule has 21 heavy (non-hydrogen) atoms. The number of hydrogen-bond acceptors (Lipinski definition) is 3. The average molecular weight is 354 g/mol. The van der Waals surface area contributed by atoms with E-state index >= 15 is 0 Å². The van der Waals surface area contributed by atoms with Crippen molar-refractivity contribution in [2.45, 2.75) is 44.6 Å². The van der Waals surface area contributed by atoms with Crippen molar-refractivity contribution in [1.29, 1.82) is 0 Å². The van der Waals surface area contributed by atoms with Crippen molar-refractivity contribution in [3.63, 3.8) is 0 Å². The Kier molecular flexibility index (Phi) is 5.39. The molecule has 5 heteroatoms. The Labute approximate surface area is 133 Å². The van der Waals surface area contributed by atoms with Crippen LogP contribution in [0.2, 0.25) is 0 Å². The largest absolute Gasteiger partial charge is 0.454 e. The van der Waals surface area contributed by atoms with Gasteiger partial charge in [-0.25, -0.2) is 0 Å². The normalized spacial score (nSPS) is 15.3. The molecule has 0 spiro atoms. The number of carbonyl (C=O) groups excluding carboxylic acids is 2. The van der Waals surface area contributed by atoms with E-state index in [9.17, 15) is 9.59 Å². The SMILES string of the molecule is CCNC(=O)CCCC(=O)OC1(c2ccccc2Br)CC1. The maximum atomic E-state index is 12.0. The van der Waals surface area contributed by atoms with Crippen molar-refractivity contribution in [1.82, 2.24) is 5.32 Å². The van der Waals surface area contributed by atoms with Gasteiger partial charge in [0.15, 0.2) is 0 Å². The molecule has 1 aromatic carbocycles. The van der Waals surface area contributed by atoms with Gasteiger partial charge in [0, 0.05) is 29.4 Å². The van der Waals surface area contributed by atoms with Crippen LogP contribution in [0.15, 0.2) is 28.7 Å². The number of ether oxygens (including phenoxy) is 1. The molecule has 1 aliphatic rings. The number of nitrogens with one attached hydrogen (secondary N) is 1. The van der Waals surface area contributed by atoms with E-state index in [2.05, 4.69) is 21.2 Å². The van der Waals surface area contributed by atoms with Crippen LogP contribution >= 0.6 is 15.9 Å². The molecule has 0 aromatic heterocycles. The maximum Gasteiger partial charge on any atom is 0.306 e. The van der Waals surface area contributed by atoms with E-state index in [1.807, 2.05) is 31.2 Å². The first-order valence-corrected chi connectivity index (χ1v) is 8.10. The summed E-state index contributed by atoms with van der Waals surface area (Å²) in [4.78, 5) is 23.3. The van der Waals surface area contributed by atoms with Crippen molar-refractivity contribution in [2.24, 2.45) is 0 Å². The fourth-order valence-electron chi connectivity index (χ4n) is 2.32. The van der Waals surface area contributed by atoms with Gasteiger partial charge in [-0.15, -0.1) is 0 Å². The number of carbonyl (C=O) groups is 2. The molecule has 0 heterocycles. The molecular weight excluding hydrogens is 334 g/mol. The van der Waals surface area contributed by atoms with Gasteiger partial charge in [0.2, 0.25) is 5.91 Å². The lowest BCUT2D eigenvalue weighted by Crippen LogP contribution is -2.23. The molecular formula is C16H20BrNO3. The minimum atomic E-state index is -0.456. The Morgan fingerprint density at radius 1 is 1.29 bits per heavy atom. The average Bonchev–Trinajstić information content (AvgIpc) is 3.20. The quantitative estimate of drug-likeness (QED) is 0.765. The Hall–Kier alpha value is -1.36. The van der Waals surface area contributed by atoms with Crippen LogP contribution in [0.1, 0.15) is 44.6 Å². The van der Waals surface area contributed by atoms with Crippen LogP contribution in [0.4, 0.5) is 0 Å². The Morgan fingerprint density at radius 3 is 2.62 bits per heavy atom. The van der Waals surface area contributed by atoms with Gasteiger partial charge in [-0.05, 0) is 32.3 Å². The lowest BCUT2D eigenvalue weighted by atomic mass is 10.1. The standard InChI is InChI=1S/C16H20BrNO3/c1-2-18-14(19)8-5-9-15(20)21-16(10-11-16)12-6-3-4-7-13(12)17/h3-4,6-7H,2,5,8-11H2,1H3,(H,18,19). The molecule has 2 rings (SSSR count). The van der Waals surface area contributed by atoms with Gasteiger partial charge in [0.25, 0.3) is 0 Å². The first kappa shape index (κ1) is 16.0. The predicted octanol–water partition coefficient (Wildman–Crippen LogP) is 3.29. The van der Waals surface area contributed by atoms with Gasteiger partial charge in [0.1, 0.15) is 5.60 Å². The summed E-state index contributed by atoms with van der Waals surface area (Å²) in [5.74, 6) is -0.246. The highest BCUT2D eigenvalue weighted by molar-refractivity contribution is 9.10. The second kappa shape index (κ2) is 7.07. The van der Waals surface area contributed by atoms with Crippen LogP contribution in [-0.2, 0) is 19.9 Å². The van der Waals surface area contributed by atoms with Crippen LogP contribution in [0.3, 0.4) is 0 Å². The molecule has 0 unspecified atom stereocenters. The third-order valence-corrected chi connectivity index (χ3v) is 4.23. The molecule has 1 aromatic rings. The van der Waals surface area contributed by atoms with Gasteiger partial charge < -0.3 is 10.1 Å². The highest BCUT2D eigenvalue weighted by atomic mass is 79.9. The summed E-state index contributed by atoms with van der Waals surface area (Å²) in [7, 11) is 0. The molecule has 1 saturated carbocycles. The third-order valence-electron chi connectivity index (χ3n) is 3.54. The van der Waals surface area contributed by atoms with Crippen LogP contribution in [-0.4, -0.2) is 18.4 Å². The van der Waals surface area contributed by atoms with Crippen LogP contribution < -0.4 is 5.32 Å². The van der Waals surface area contributed by atoms with Crippen molar-refractivity contribution in [3.05, 3.63) is 34.3 Å². The van der Waals surface area contributed by atoms with E-state index < -0.39 is 5.60 Å². The smallest absolute Gasteiger partial charge is 0.306 e. The first-order valence-electron chi connectivity index (χ1n) is 7.31. The molecule has 1 fully saturated rings. The molecule has 0 radical (unpaired) electrons. The molecule has 0 bridgehead atoms. The predicted molar refractivity (Wildman–Crippen MR) is 83.7 cm³/mol.